The van der Waals surface area contributed by atoms with Crippen molar-refractivity contribution in [2.24, 2.45) is 5.73 Å². The molecule has 2 rings (SSSR count). The van der Waals surface area contributed by atoms with E-state index in [1.54, 1.807) is 18.2 Å². The van der Waals surface area contributed by atoms with Crippen molar-refractivity contribution in [1.29, 1.82) is 0 Å². The van der Waals surface area contributed by atoms with Crippen LogP contribution in [0.5, 0.6) is 0 Å². The normalized spacial score (nSPS) is 12.1. The zero-order valence-electron chi connectivity index (χ0n) is 9.85. The van der Waals surface area contributed by atoms with E-state index in [4.69, 9.17) is 28.9 Å². The van der Waals surface area contributed by atoms with Gasteiger partial charge in [-0.1, -0.05) is 53.5 Å². The summed E-state index contributed by atoms with van der Waals surface area (Å²) in [5.41, 5.74) is 6.31. The molecule has 0 bridgehead atoms. The molecule has 19 heavy (non-hydrogen) atoms. The Bertz CT molecular complexity index is 589. The van der Waals surface area contributed by atoms with Gasteiger partial charge in [0.1, 0.15) is 5.25 Å². The second-order valence-corrected chi connectivity index (χ2v) is 5.88. The van der Waals surface area contributed by atoms with E-state index in [1.807, 2.05) is 30.3 Å². The van der Waals surface area contributed by atoms with Gasteiger partial charge in [0.25, 0.3) is 0 Å². The van der Waals surface area contributed by atoms with Crippen LogP contribution in [0.2, 0.25) is 10.0 Å². The summed E-state index contributed by atoms with van der Waals surface area (Å²) in [5, 5.41) is 0.636. The summed E-state index contributed by atoms with van der Waals surface area (Å²) in [6.07, 6.45) is 0. The van der Waals surface area contributed by atoms with Crippen molar-refractivity contribution in [3.05, 3.63) is 64.1 Å². The maximum absolute atomic E-state index is 11.6. The van der Waals surface area contributed by atoms with E-state index in [2.05, 4.69) is 0 Å². The summed E-state index contributed by atoms with van der Waals surface area (Å²) < 4.78 is 0. The monoisotopic (exact) mass is 311 g/mol. The Labute approximate surface area is 125 Å². The van der Waals surface area contributed by atoms with Crippen LogP contribution in [0.3, 0.4) is 0 Å². The number of nitrogens with two attached hydrogens (primary N) is 1. The number of hydrogen-bond donors (Lipinski definition) is 1. The predicted octanol–water partition coefficient (Wildman–Crippen LogP) is 4.31. The lowest BCUT2D eigenvalue weighted by atomic mass is 10.1. The Morgan fingerprint density at radius 3 is 2.42 bits per heavy atom. The Kier molecular flexibility index (Phi) is 4.75. The lowest BCUT2D eigenvalue weighted by Gasteiger charge is -2.14. The second-order valence-electron chi connectivity index (χ2n) is 3.89. The van der Waals surface area contributed by atoms with Crippen molar-refractivity contribution < 1.29 is 4.79 Å². The number of carbonyl (C=O) groups is 1. The second kappa shape index (κ2) is 6.33. The zero-order chi connectivity index (χ0) is 13.8. The van der Waals surface area contributed by atoms with Crippen LogP contribution in [0, 0.1) is 0 Å². The number of benzene rings is 2. The van der Waals surface area contributed by atoms with Crippen LogP contribution in [0.4, 0.5) is 0 Å². The molecule has 5 heteroatoms. The molecule has 0 spiro atoms. The third-order valence-electron chi connectivity index (χ3n) is 2.50. The molecule has 1 atom stereocenters. The van der Waals surface area contributed by atoms with E-state index in [-0.39, 0.29) is 0 Å². The van der Waals surface area contributed by atoms with Gasteiger partial charge in [0.15, 0.2) is 0 Å². The maximum atomic E-state index is 11.6. The van der Waals surface area contributed by atoms with Crippen LogP contribution in [0.25, 0.3) is 0 Å². The molecule has 0 aliphatic heterocycles. The van der Waals surface area contributed by atoms with Gasteiger partial charge < -0.3 is 5.73 Å². The fourth-order valence-electron chi connectivity index (χ4n) is 1.61. The highest BCUT2D eigenvalue weighted by Gasteiger charge is 2.20. The molecule has 2 nitrogen and oxygen atoms in total. The van der Waals surface area contributed by atoms with Gasteiger partial charge in [-0.25, -0.2) is 0 Å². The van der Waals surface area contributed by atoms with Crippen molar-refractivity contribution in [1.82, 2.24) is 0 Å². The minimum Gasteiger partial charge on any atom is -0.368 e. The van der Waals surface area contributed by atoms with Gasteiger partial charge in [0.2, 0.25) is 5.91 Å². The molecule has 2 aromatic carbocycles. The van der Waals surface area contributed by atoms with Crippen LogP contribution in [0.1, 0.15) is 10.8 Å². The van der Waals surface area contributed by atoms with Crippen molar-refractivity contribution in [3.63, 3.8) is 0 Å². The number of primary amides is 1. The largest absolute Gasteiger partial charge is 0.368 e. The van der Waals surface area contributed by atoms with Crippen molar-refractivity contribution in [2.45, 2.75) is 10.1 Å². The molecule has 0 unspecified atom stereocenters. The molecule has 0 aromatic heterocycles. The number of halogens is 2. The number of rotatable bonds is 4. The van der Waals surface area contributed by atoms with E-state index in [0.29, 0.717) is 10.0 Å². The first-order valence-electron chi connectivity index (χ1n) is 5.54. The first kappa shape index (κ1) is 14.3. The standard InChI is InChI=1S/C14H11Cl2NOS/c15-10-6-7-11(16)12(8-10)19-13(14(17)18)9-4-2-1-3-5-9/h1-8,13H,(H2,17,18)/t13-/m1/s1. The van der Waals surface area contributed by atoms with E-state index in [1.165, 1.54) is 11.8 Å². The first-order valence-corrected chi connectivity index (χ1v) is 7.17. The minimum atomic E-state index is -0.489. The summed E-state index contributed by atoms with van der Waals surface area (Å²) in [5.74, 6) is -0.410. The Hall–Kier alpha value is -1.16. The summed E-state index contributed by atoms with van der Waals surface area (Å²) >= 11 is 13.3. The van der Waals surface area contributed by atoms with Crippen molar-refractivity contribution in [2.75, 3.05) is 0 Å². The minimum absolute atomic E-state index is 0.410. The number of thioether (sulfide) groups is 1. The summed E-state index contributed by atoms with van der Waals surface area (Å²) in [4.78, 5) is 12.4. The van der Waals surface area contributed by atoms with Crippen LogP contribution in [-0.4, -0.2) is 5.91 Å². The Balaban J connectivity index is 2.32. The maximum Gasteiger partial charge on any atom is 0.235 e. The van der Waals surface area contributed by atoms with Crippen LogP contribution in [-0.2, 0) is 4.79 Å². The molecule has 2 aromatic rings. The van der Waals surface area contributed by atoms with E-state index in [0.717, 1.165) is 10.5 Å². The van der Waals surface area contributed by atoms with Crippen molar-refractivity contribution >= 4 is 40.9 Å². The molecule has 0 aliphatic rings. The molecule has 0 fully saturated rings. The van der Waals surface area contributed by atoms with Crippen molar-refractivity contribution in [3.8, 4) is 0 Å². The molecule has 0 radical (unpaired) electrons. The molecular weight excluding hydrogens is 301 g/mol. The average molecular weight is 312 g/mol. The smallest absolute Gasteiger partial charge is 0.235 e. The van der Waals surface area contributed by atoms with Gasteiger partial charge in [-0.05, 0) is 23.8 Å². The molecule has 1 amide bonds. The van der Waals surface area contributed by atoms with Gasteiger partial charge in [0.05, 0.1) is 5.02 Å². The highest BCUT2D eigenvalue weighted by Crippen LogP contribution is 2.39. The molecule has 98 valence electrons. The molecular formula is C14H11Cl2NOS. The topological polar surface area (TPSA) is 43.1 Å². The fourth-order valence-corrected chi connectivity index (χ4v) is 3.14. The van der Waals surface area contributed by atoms with E-state index in [9.17, 15) is 4.79 Å². The van der Waals surface area contributed by atoms with Gasteiger partial charge in [0, 0.05) is 9.92 Å². The molecule has 0 saturated heterocycles. The van der Waals surface area contributed by atoms with Crippen LogP contribution < -0.4 is 5.73 Å². The molecule has 0 aliphatic carbocycles. The number of hydrogen-bond acceptors (Lipinski definition) is 2. The zero-order valence-corrected chi connectivity index (χ0v) is 12.2. The SMILES string of the molecule is NC(=O)[C@H](Sc1cc(Cl)ccc1Cl)c1ccccc1. The van der Waals surface area contributed by atoms with E-state index < -0.39 is 11.2 Å². The predicted molar refractivity (Wildman–Crippen MR) is 80.7 cm³/mol. The summed E-state index contributed by atoms with van der Waals surface area (Å²) in [7, 11) is 0. The average Bonchev–Trinajstić information content (AvgIpc) is 2.40. The summed E-state index contributed by atoms with van der Waals surface area (Å²) in [6.45, 7) is 0. The molecule has 0 saturated carbocycles. The van der Waals surface area contributed by atoms with Gasteiger partial charge in [-0.3, -0.25) is 4.79 Å². The third kappa shape index (κ3) is 3.66. The van der Waals surface area contributed by atoms with Gasteiger partial charge in [-0.15, -0.1) is 11.8 Å². The van der Waals surface area contributed by atoms with E-state index >= 15 is 0 Å². The lowest BCUT2D eigenvalue weighted by molar-refractivity contribution is -0.117. The molecule has 0 heterocycles. The Morgan fingerprint density at radius 1 is 1.11 bits per heavy atom. The summed E-state index contributed by atoms with van der Waals surface area (Å²) in [6, 6.07) is 14.5. The lowest BCUT2D eigenvalue weighted by Crippen LogP contribution is -2.18. The molecule has 2 N–H and O–H groups in total. The first-order chi connectivity index (χ1) is 9.08. The number of carbonyl (C=O) groups excluding carboxylic acids is 1. The number of amides is 1. The highest BCUT2D eigenvalue weighted by atomic mass is 35.5. The fraction of sp³-hybridized carbons (Fsp3) is 0.0714. The van der Waals surface area contributed by atoms with Gasteiger partial charge >= 0.3 is 0 Å². The van der Waals surface area contributed by atoms with Crippen LogP contribution in [0.15, 0.2) is 53.4 Å². The highest BCUT2D eigenvalue weighted by molar-refractivity contribution is 8.00. The Morgan fingerprint density at radius 2 is 1.79 bits per heavy atom. The third-order valence-corrected chi connectivity index (χ3v) is 4.51. The van der Waals surface area contributed by atoms with Crippen LogP contribution >= 0.6 is 35.0 Å². The van der Waals surface area contributed by atoms with Gasteiger partial charge in [-0.2, -0.15) is 0 Å². The quantitative estimate of drug-likeness (QED) is 0.855.